The summed E-state index contributed by atoms with van der Waals surface area (Å²) < 4.78 is 0. The summed E-state index contributed by atoms with van der Waals surface area (Å²) in [5.41, 5.74) is 5.86. The highest BCUT2D eigenvalue weighted by Crippen LogP contribution is 2.27. The van der Waals surface area contributed by atoms with Gasteiger partial charge >= 0.3 is 0 Å². The third-order valence-electron chi connectivity index (χ3n) is 4.94. The molecule has 0 aromatic carbocycles. The van der Waals surface area contributed by atoms with Crippen molar-refractivity contribution in [3.63, 3.8) is 0 Å². The van der Waals surface area contributed by atoms with Gasteiger partial charge in [0.25, 0.3) is 0 Å². The van der Waals surface area contributed by atoms with E-state index in [2.05, 4.69) is 39.5 Å². The van der Waals surface area contributed by atoms with Crippen LogP contribution < -0.4 is 5.73 Å². The van der Waals surface area contributed by atoms with E-state index in [-0.39, 0.29) is 0 Å². The maximum Gasteiger partial charge on any atom is 0.0141 e. The summed E-state index contributed by atoms with van der Waals surface area (Å²) in [6, 6.07) is 1.14. The van der Waals surface area contributed by atoms with Crippen molar-refractivity contribution in [2.45, 2.75) is 85.2 Å². The molecule has 0 aliphatic carbocycles. The van der Waals surface area contributed by atoms with Gasteiger partial charge < -0.3 is 5.73 Å². The average molecular weight is 283 g/mol. The first-order valence-electron chi connectivity index (χ1n) is 8.91. The van der Waals surface area contributed by atoms with Gasteiger partial charge in [-0.3, -0.25) is 4.90 Å². The molecule has 0 spiro atoms. The number of nitrogens with zero attached hydrogens (tertiary/aromatic N) is 1. The molecular formula is C18H38N2. The quantitative estimate of drug-likeness (QED) is 0.755. The molecule has 120 valence electrons. The minimum absolute atomic E-state index is 0.378. The van der Waals surface area contributed by atoms with E-state index in [1.54, 1.807) is 0 Å². The van der Waals surface area contributed by atoms with Gasteiger partial charge in [0, 0.05) is 12.1 Å². The number of nitrogens with two attached hydrogens (primary N) is 1. The summed E-state index contributed by atoms with van der Waals surface area (Å²) in [5, 5.41) is 0. The van der Waals surface area contributed by atoms with Crippen LogP contribution >= 0.6 is 0 Å². The lowest BCUT2D eigenvalue weighted by Crippen LogP contribution is -2.43. The van der Waals surface area contributed by atoms with Crippen LogP contribution in [-0.4, -0.2) is 30.1 Å². The Labute approximate surface area is 127 Å². The highest BCUT2D eigenvalue weighted by atomic mass is 15.2. The Kier molecular flexibility index (Phi) is 8.13. The van der Waals surface area contributed by atoms with Crippen molar-refractivity contribution >= 4 is 0 Å². The molecule has 1 rings (SSSR count). The van der Waals surface area contributed by atoms with Gasteiger partial charge in [-0.15, -0.1) is 0 Å². The fourth-order valence-corrected chi connectivity index (χ4v) is 4.12. The van der Waals surface area contributed by atoms with Crippen LogP contribution in [0.2, 0.25) is 0 Å². The van der Waals surface area contributed by atoms with E-state index in [1.807, 2.05) is 0 Å². The first-order valence-corrected chi connectivity index (χ1v) is 8.91. The molecule has 1 heterocycles. The lowest BCUT2D eigenvalue weighted by atomic mass is 9.91. The van der Waals surface area contributed by atoms with Crippen molar-refractivity contribution in [1.29, 1.82) is 0 Å². The van der Waals surface area contributed by atoms with Gasteiger partial charge in [0.1, 0.15) is 0 Å². The Balaban J connectivity index is 2.42. The SMILES string of the molecule is CC(N)CCCC1CCCN(C(C(C)C)C(C)C)CC1. The molecule has 0 amide bonds. The van der Waals surface area contributed by atoms with E-state index in [4.69, 9.17) is 5.73 Å². The highest BCUT2D eigenvalue weighted by molar-refractivity contribution is 4.81. The van der Waals surface area contributed by atoms with Gasteiger partial charge in [-0.05, 0) is 63.5 Å². The van der Waals surface area contributed by atoms with Crippen LogP contribution in [0.4, 0.5) is 0 Å². The number of likely N-dealkylation sites (tertiary alicyclic amines) is 1. The van der Waals surface area contributed by atoms with E-state index in [1.165, 1.54) is 51.6 Å². The van der Waals surface area contributed by atoms with Crippen molar-refractivity contribution < 1.29 is 0 Å². The average Bonchev–Trinajstić information content (AvgIpc) is 2.54. The second kappa shape index (κ2) is 9.04. The molecule has 1 aliphatic rings. The number of rotatable bonds is 7. The smallest absolute Gasteiger partial charge is 0.0141 e. The Morgan fingerprint density at radius 2 is 1.65 bits per heavy atom. The molecule has 0 aromatic rings. The third kappa shape index (κ3) is 6.13. The van der Waals surface area contributed by atoms with Gasteiger partial charge in [0.05, 0.1) is 0 Å². The van der Waals surface area contributed by atoms with Gasteiger partial charge in [0.2, 0.25) is 0 Å². The maximum absolute atomic E-state index is 5.86. The molecule has 1 saturated heterocycles. The lowest BCUT2D eigenvalue weighted by Gasteiger charge is -2.36. The van der Waals surface area contributed by atoms with Gasteiger partial charge in [0.15, 0.2) is 0 Å². The second-order valence-corrected chi connectivity index (χ2v) is 7.72. The van der Waals surface area contributed by atoms with Crippen LogP contribution in [0.5, 0.6) is 0 Å². The molecule has 2 heteroatoms. The topological polar surface area (TPSA) is 29.3 Å². The van der Waals surface area contributed by atoms with E-state index < -0.39 is 0 Å². The molecule has 0 bridgehead atoms. The standard InChI is InChI=1S/C18H38N2/c1-14(2)18(15(3)4)20-12-7-10-17(11-13-20)9-6-8-16(5)19/h14-18H,6-13,19H2,1-5H3. The van der Waals surface area contributed by atoms with Crippen LogP contribution in [0, 0.1) is 17.8 Å². The van der Waals surface area contributed by atoms with Gasteiger partial charge in [-0.2, -0.15) is 0 Å². The zero-order valence-corrected chi connectivity index (χ0v) is 14.6. The van der Waals surface area contributed by atoms with Gasteiger partial charge in [-0.1, -0.05) is 40.5 Å². The zero-order valence-electron chi connectivity index (χ0n) is 14.6. The summed E-state index contributed by atoms with van der Waals surface area (Å²) in [5.74, 6) is 2.48. The normalized spacial score (nSPS) is 23.6. The largest absolute Gasteiger partial charge is 0.328 e. The van der Waals surface area contributed by atoms with Crippen LogP contribution in [0.1, 0.15) is 73.1 Å². The predicted octanol–water partition coefficient (Wildman–Crippen LogP) is 4.29. The Hall–Kier alpha value is -0.0800. The minimum atomic E-state index is 0.378. The molecule has 0 aromatic heterocycles. The summed E-state index contributed by atoms with van der Waals surface area (Å²) in [7, 11) is 0. The Morgan fingerprint density at radius 3 is 2.20 bits per heavy atom. The first kappa shape index (κ1) is 18.0. The van der Waals surface area contributed by atoms with Crippen molar-refractivity contribution in [2.75, 3.05) is 13.1 Å². The van der Waals surface area contributed by atoms with Crippen LogP contribution in [0.15, 0.2) is 0 Å². The molecule has 0 radical (unpaired) electrons. The van der Waals surface area contributed by atoms with Gasteiger partial charge in [-0.25, -0.2) is 0 Å². The molecule has 2 unspecified atom stereocenters. The van der Waals surface area contributed by atoms with E-state index >= 15 is 0 Å². The number of hydrogen-bond donors (Lipinski definition) is 1. The molecule has 2 atom stereocenters. The summed E-state index contributed by atoms with van der Waals surface area (Å²) >= 11 is 0. The third-order valence-corrected chi connectivity index (χ3v) is 4.94. The molecule has 0 saturated carbocycles. The lowest BCUT2D eigenvalue weighted by molar-refractivity contribution is 0.117. The van der Waals surface area contributed by atoms with Crippen LogP contribution in [-0.2, 0) is 0 Å². The molecular weight excluding hydrogens is 244 g/mol. The molecule has 20 heavy (non-hydrogen) atoms. The van der Waals surface area contributed by atoms with Crippen molar-refractivity contribution in [3.8, 4) is 0 Å². The first-order chi connectivity index (χ1) is 9.41. The predicted molar refractivity (Wildman–Crippen MR) is 89.9 cm³/mol. The van der Waals surface area contributed by atoms with Crippen molar-refractivity contribution in [1.82, 2.24) is 4.90 Å². The minimum Gasteiger partial charge on any atom is -0.328 e. The maximum atomic E-state index is 5.86. The molecule has 2 N–H and O–H groups in total. The highest BCUT2D eigenvalue weighted by Gasteiger charge is 2.27. The molecule has 1 aliphatic heterocycles. The Morgan fingerprint density at radius 1 is 1.00 bits per heavy atom. The molecule has 1 fully saturated rings. The zero-order chi connectivity index (χ0) is 15.1. The monoisotopic (exact) mass is 282 g/mol. The fraction of sp³-hybridized carbons (Fsp3) is 1.00. The van der Waals surface area contributed by atoms with Crippen LogP contribution in [0.3, 0.4) is 0 Å². The van der Waals surface area contributed by atoms with Crippen molar-refractivity contribution in [3.05, 3.63) is 0 Å². The second-order valence-electron chi connectivity index (χ2n) is 7.72. The number of hydrogen-bond acceptors (Lipinski definition) is 2. The van der Waals surface area contributed by atoms with E-state index in [0.717, 1.165) is 23.8 Å². The summed E-state index contributed by atoms with van der Waals surface area (Å²) in [6.07, 6.45) is 8.12. The van der Waals surface area contributed by atoms with Crippen molar-refractivity contribution in [2.24, 2.45) is 23.5 Å². The van der Waals surface area contributed by atoms with E-state index in [9.17, 15) is 0 Å². The Bertz CT molecular complexity index is 240. The fourth-order valence-electron chi connectivity index (χ4n) is 4.12. The molecule has 2 nitrogen and oxygen atoms in total. The summed E-state index contributed by atoms with van der Waals surface area (Å²) in [6.45, 7) is 14.3. The van der Waals surface area contributed by atoms with E-state index in [0.29, 0.717) is 6.04 Å². The van der Waals surface area contributed by atoms with Crippen LogP contribution in [0.25, 0.3) is 0 Å². The summed E-state index contributed by atoms with van der Waals surface area (Å²) in [4.78, 5) is 2.78.